The Morgan fingerprint density at radius 3 is 2.53 bits per heavy atom. The summed E-state index contributed by atoms with van der Waals surface area (Å²) >= 11 is 1.60. The van der Waals surface area contributed by atoms with E-state index in [1.807, 2.05) is 11.2 Å². The van der Waals surface area contributed by atoms with Crippen molar-refractivity contribution in [3.8, 4) is 0 Å². The Labute approximate surface area is 119 Å². The van der Waals surface area contributed by atoms with Gasteiger partial charge in [0, 0.05) is 19.5 Å². The number of oxime groups is 1. The van der Waals surface area contributed by atoms with Gasteiger partial charge in [-0.05, 0) is 25.0 Å². The van der Waals surface area contributed by atoms with Crippen molar-refractivity contribution in [2.45, 2.75) is 44.3 Å². The number of carbonyl (C=O) groups excluding carboxylic acids is 1. The lowest BCUT2D eigenvalue weighted by Gasteiger charge is -2.40. The lowest BCUT2D eigenvalue weighted by Crippen LogP contribution is -2.51. The minimum absolute atomic E-state index is 0.226. The average molecular weight is 287 g/mol. The smallest absolute Gasteiger partial charge is 0.222 e. The summed E-state index contributed by atoms with van der Waals surface area (Å²) in [6, 6.07) is 0. The minimum atomic E-state index is -0.318. The van der Waals surface area contributed by atoms with Crippen LogP contribution in [-0.4, -0.2) is 45.9 Å². The molecule has 1 heterocycles. The van der Waals surface area contributed by atoms with Crippen LogP contribution in [0, 0.1) is 5.92 Å². The molecule has 19 heavy (non-hydrogen) atoms. The van der Waals surface area contributed by atoms with Gasteiger partial charge in [-0.3, -0.25) is 4.79 Å². The molecule has 0 radical (unpaired) electrons. The van der Waals surface area contributed by atoms with Crippen LogP contribution in [0.1, 0.15) is 39.5 Å². The maximum atomic E-state index is 12.1. The lowest BCUT2D eigenvalue weighted by atomic mass is 9.93. The van der Waals surface area contributed by atoms with Crippen LogP contribution in [0.4, 0.5) is 0 Å². The van der Waals surface area contributed by atoms with E-state index in [0.29, 0.717) is 25.4 Å². The van der Waals surface area contributed by atoms with E-state index < -0.39 is 0 Å². The normalized spacial score (nSPS) is 21.2. The molecule has 1 amide bonds. The number of thioether (sulfide) groups is 1. The minimum Gasteiger partial charge on any atom is -0.409 e. The molecular formula is C13H25N3O2S. The number of hydrogen-bond donors (Lipinski definition) is 2. The number of likely N-dealkylation sites (tertiary alicyclic amines) is 1. The van der Waals surface area contributed by atoms with E-state index in [9.17, 15) is 4.79 Å². The van der Waals surface area contributed by atoms with Crippen molar-refractivity contribution in [3.63, 3.8) is 0 Å². The maximum absolute atomic E-state index is 12.1. The first-order valence-electron chi connectivity index (χ1n) is 6.80. The van der Waals surface area contributed by atoms with Gasteiger partial charge >= 0.3 is 0 Å². The second kappa shape index (κ2) is 7.03. The zero-order valence-corrected chi connectivity index (χ0v) is 12.9. The molecule has 0 spiro atoms. The van der Waals surface area contributed by atoms with Gasteiger partial charge in [-0.15, -0.1) is 0 Å². The van der Waals surface area contributed by atoms with E-state index in [2.05, 4.69) is 19.0 Å². The van der Waals surface area contributed by atoms with Gasteiger partial charge < -0.3 is 15.8 Å². The average Bonchev–Trinajstić information content (AvgIpc) is 2.46. The van der Waals surface area contributed by atoms with E-state index in [-0.39, 0.29) is 16.5 Å². The number of amidine groups is 1. The number of nitrogens with two attached hydrogens (primary N) is 1. The number of hydrogen-bond acceptors (Lipinski definition) is 4. The Morgan fingerprint density at radius 1 is 1.53 bits per heavy atom. The van der Waals surface area contributed by atoms with Crippen molar-refractivity contribution in [2.75, 3.05) is 19.3 Å². The van der Waals surface area contributed by atoms with E-state index in [1.54, 1.807) is 11.8 Å². The molecule has 5 nitrogen and oxygen atoms in total. The highest BCUT2D eigenvalue weighted by Crippen LogP contribution is 2.35. The molecule has 0 saturated carbocycles. The summed E-state index contributed by atoms with van der Waals surface area (Å²) in [6.45, 7) is 5.58. The molecule has 6 heteroatoms. The van der Waals surface area contributed by atoms with Crippen LogP contribution in [0.5, 0.6) is 0 Å². The number of amides is 1. The lowest BCUT2D eigenvalue weighted by molar-refractivity contribution is -0.133. The monoisotopic (exact) mass is 287 g/mol. The molecule has 0 aromatic heterocycles. The molecule has 0 aliphatic carbocycles. The zero-order valence-electron chi connectivity index (χ0n) is 12.1. The van der Waals surface area contributed by atoms with Crippen molar-refractivity contribution in [1.82, 2.24) is 4.90 Å². The fraction of sp³-hybridized carbons (Fsp3) is 0.846. The summed E-state index contributed by atoms with van der Waals surface area (Å²) in [5, 5.41) is 12.0. The van der Waals surface area contributed by atoms with Crippen molar-refractivity contribution >= 4 is 23.5 Å². The Bertz CT molecular complexity index is 339. The Hall–Kier alpha value is -0.910. The van der Waals surface area contributed by atoms with Gasteiger partial charge in [-0.25, -0.2) is 0 Å². The van der Waals surface area contributed by atoms with Crippen molar-refractivity contribution < 1.29 is 10.0 Å². The Morgan fingerprint density at radius 2 is 2.11 bits per heavy atom. The quantitative estimate of drug-likeness (QED) is 0.350. The third kappa shape index (κ3) is 3.78. The highest BCUT2D eigenvalue weighted by Gasteiger charge is 2.39. The number of carbonyl (C=O) groups is 1. The van der Waals surface area contributed by atoms with Crippen LogP contribution >= 0.6 is 11.8 Å². The van der Waals surface area contributed by atoms with Crippen molar-refractivity contribution in [1.29, 1.82) is 0 Å². The SMILES string of the molecule is CCC(C)CC(=O)N1CCC(SC)(C(N)=NO)CC1. The predicted octanol–water partition coefficient (Wildman–Crippen LogP) is 1.89. The fourth-order valence-electron chi connectivity index (χ4n) is 2.34. The maximum Gasteiger partial charge on any atom is 0.222 e. The first-order chi connectivity index (χ1) is 8.99. The van der Waals surface area contributed by atoms with Crippen LogP contribution < -0.4 is 5.73 Å². The topological polar surface area (TPSA) is 78.9 Å². The second-order valence-corrected chi connectivity index (χ2v) is 6.47. The zero-order chi connectivity index (χ0) is 14.5. The number of piperidine rings is 1. The molecule has 0 aromatic carbocycles. The van der Waals surface area contributed by atoms with E-state index in [0.717, 1.165) is 19.3 Å². The van der Waals surface area contributed by atoms with Gasteiger partial charge in [0.15, 0.2) is 5.84 Å². The molecule has 1 unspecified atom stereocenters. The largest absolute Gasteiger partial charge is 0.409 e. The summed E-state index contributed by atoms with van der Waals surface area (Å²) in [6.07, 6.45) is 5.10. The van der Waals surface area contributed by atoms with E-state index in [4.69, 9.17) is 10.9 Å². The number of rotatable bonds is 5. The second-order valence-electron chi connectivity index (χ2n) is 5.28. The van der Waals surface area contributed by atoms with E-state index >= 15 is 0 Å². The first kappa shape index (κ1) is 16.1. The standard InChI is InChI=1S/C13H25N3O2S/c1-4-10(2)9-11(17)16-7-5-13(19-3,6-8-16)12(14)15-18/h10,18H,4-9H2,1-3H3,(H2,14,15). The number of nitrogens with zero attached hydrogens (tertiary/aromatic N) is 2. The van der Waals surface area contributed by atoms with Gasteiger partial charge in [0.25, 0.3) is 0 Å². The molecule has 0 aromatic rings. The molecule has 0 bridgehead atoms. The molecule has 1 fully saturated rings. The fourth-order valence-corrected chi connectivity index (χ4v) is 3.19. The predicted molar refractivity (Wildman–Crippen MR) is 79.5 cm³/mol. The van der Waals surface area contributed by atoms with Crippen molar-refractivity contribution in [2.24, 2.45) is 16.8 Å². The van der Waals surface area contributed by atoms with Gasteiger partial charge in [-0.1, -0.05) is 25.4 Å². The van der Waals surface area contributed by atoms with Crippen LogP contribution in [-0.2, 0) is 4.79 Å². The molecule has 110 valence electrons. The Kier molecular flexibility index (Phi) is 5.97. The van der Waals surface area contributed by atoms with Gasteiger partial charge in [-0.2, -0.15) is 11.8 Å². The van der Waals surface area contributed by atoms with Crippen LogP contribution in [0.15, 0.2) is 5.16 Å². The summed E-state index contributed by atoms with van der Waals surface area (Å²) in [4.78, 5) is 14.0. The van der Waals surface area contributed by atoms with Crippen molar-refractivity contribution in [3.05, 3.63) is 0 Å². The summed E-state index contributed by atoms with van der Waals surface area (Å²) in [7, 11) is 0. The molecule has 1 aliphatic rings. The molecule has 1 saturated heterocycles. The Balaban J connectivity index is 2.59. The van der Waals surface area contributed by atoms with Gasteiger partial charge in [0.05, 0.1) is 4.75 Å². The highest BCUT2D eigenvalue weighted by molar-refractivity contribution is 8.00. The summed E-state index contributed by atoms with van der Waals surface area (Å²) in [5.74, 6) is 0.932. The molecule has 3 N–H and O–H groups in total. The van der Waals surface area contributed by atoms with Crippen LogP contribution in [0.2, 0.25) is 0 Å². The molecule has 1 aliphatic heterocycles. The van der Waals surface area contributed by atoms with Crippen LogP contribution in [0.3, 0.4) is 0 Å². The van der Waals surface area contributed by atoms with E-state index in [1.165, 1.54) is 0 Å². The molecule has 1 atom stereocenters. The summed E-state index contributed by atoms with van der Waals surface area (Å²) < 4.78 is -0.318. The van der Waals surface area contributed by atoms with Gasteiger partial charge in [0.2, 0.25) is 5.91 Å². The third-order valence-electron chi connectivity index (χ3n) is 4.11. The highest BCUT2D eigenvalue weighted by atomic mass is 32.2. The molecular weight excluding hydrogens is 262 g/mol. The summed E-state index contributed by atoms with van der Waals surface area (Å²) in [5.41, 5.74) is 5.79. The first-order valence-corrected chi connectivity index (χ1v) is 8.02. The van der Waals surface area contributed by atoms with Crippen LogP contribution in [0.25, 0.3) is 0 Å². The van der Waals surface area contributed by atoms with Gasteiger partial charge in [0.1, 0.15) is 0 Å². The third-order valence-corrected chi connectivity index (χ3v) is 5.51. The molecule has 1 rings (SSSR count).